The van der Waals surface area contributed by atoms with Crippen molar-refractivity contribution >= 4 is 27.8 Å². The highest BCUT2D eigenvalue weighted by atomic mass is 16.5. The van der Waals surface area contributed by atoms with Crippen LogP contribution in [0.3, 0.4) is 0 Å². The number of esters is 1. The minimum absolute atomic E-state index is 0.324. The van der Waals surface area contributed by atoms with Gasteiger partial charge in [-0.25, -0.2) is 9.78 Å². The van der Waals surface area contributed by atoms with Gasteiger partial charge in [-0.1, -0.05) is 18.2 Å². The first-order valence-corrected chi connectivity index (χ1v) is 5.69. The number of aromatic amines is 1. The highest BCUT2D eigenvalue weighted by Crippen LogP contribution is 2.24. The lowest BCUT2D eigenvalue weighted by Gasteiger charge is -1.97. The van der Waals surface area contributed by atoms with Gasteiger partial charge in [-0.3, -0.25) is 0 Å². The number of methoxy groups -OCH3 is 1. The van der Waals surface area contributed by atoms with Crippen molar-refractivity contribution in [1.29, 1.82) is 0 Å². The minimum Gasteiger partial charge on any atom is -0.464 e. The zero-order valence-corrected chi connectivity index (χ0v) is 10.7. The summed E-state index contributed by atoms with van der Waals surface area (Å²) < 4.78 is 4.66. The number of H-pyrrole nitrogens is 1. The summed E-state index contributed by atoms with van der Waals surface area (Å²) in [6.45, 7) is 0. The molecule has 0 atom stereocenters. The number of carbonyl (C=O) groups is 1. The van der Waals surface area contributed by atoms with Gasteiger partial charge < -0.3 is 14.8 Å². The summed E-state index contributed by atoms with van der Waals surface area (Å²) in [6.07, 6.45) is 1.65. The molecule has 0 radical (unpaired) electrons. The van der Waals surface area contributed by atoms with Crippen molar-refractivity contribution in [2.45, 2.75) is 0 Å². The Labute approximate surface area is 109 Å². The van der Waals surface area contributed by atoms with Gasteiger partial charge in [0.25, 0.3) is 0 Å². The minimum atomic E-state index is -0.419. The second-order valence-electron chi connectivity index (χ2n) is 3.78. The molecule has 2 heterocycles. The first-order valence-electron chi connectivity index (χ1n) is 5.69. The third kappa shape index (κ3) is 2.28. The third-order valence-electron chi connectivity index (χ3n) is 2.79. The van der Waals surface area contributed by atoms with Crippen LogP contribution >= 0.6 is 0 Å². The van der Waals surface area contributed by atoms with E-state index in [9.17, 15) is 4.79 Å². The maximum Gasteiger partial charge on any atom is 0.356 e. The molecular formula is C14H14N2O3. The number of nitrogens with zero attached hydrogens (tertiary/aromatic N) is 1. The summed E-state index contributed by atoms with van der Waals surface area (Å²) in [4.78, 5) is 18.7. The third-order valence-corrected chi connectivity index (χ3v) is 2.79. The highest BCUT2D eigenvalue weighted by molar-refractivity contribution is 6.08. The molecule has 0 unspecified atom stereocenters. The zero-order chi connectivity index (χ0) is 13.8. The number of pyridine rings is 1. The quantitative estimate of drug-likeness (QED) is 0.655. The fourth-order valence-corrected chi connectivity index (χ4v) is 1.97. The second-order valence-corrected chi connectivity index (χ2v) is 3.78. The van der Waals surface area contributed by atoms with Gasteiger partial charge in [0.15, 0.2) is 0 Å². The predicted octanol–water partition coefficient (Wildman–Crippen LogP) is 2.11. The number of hydrogen-bond donors (Lipinski definition) is 2. The average molecular weight is 258 g/mol. The SMILES string of the molecule is CO.COC(=O)c1cc2c(cn1)[nH]c1ccccc12. The van der Waals surface area contributed by atoms with Gasteiger partial charge >= 0.3 is 5.97 Å². The van der Waals surface area contributed by atoms with E-state index >= 15 is 0 Å². The molecule has 3 aromatic rings. The molecule has 0 aliphatic carbocycles. The van der Waals surface area contributed by atoms with Gasteiger partial charge in [0.05, 0.1) is 18.8 Å². The number of rotatable bonds is 1. The molecule has 5 heteroatoms. The Bertz CT molecular complexity index is 719. The van der Waals surface area contributed by atoms with Crippen LogP contribution in [0.5, 0.6) is 0 Å². The van der Waals surface area contributed by atoms with E-state index in [0.717, 1.165) is 28.9 Å². The van der Waals surface area contributed by atoms with Crippen molar-refractivity contribution in [3.05, 3.63) is 42.2 Å². The molecule has 0 bridgehead atoms. The number of aliphatic hydroxyl groups is 1. The number of carbonyl (C=O) groups excluding carboxylic acids is 1. The van der Waals surface area contributed by atoms with E-state index in [1.807, 2.05) is 24.3 Å². The second kappa shape index (κ2) is 5.49. The first kappa shape index (κ1) is 13.0. The summed E-state index contributed by atoms with van der Waals surface area (Å²) in [5, 5.41) is 9.06. The number of aliphatic hydroxyl groups excluding tert-OH is 1. The molecule has 98 valence electrons. The molecule has 0 fully saturated rings. The lowest BCUT2D eigenvalue weighted by Crippen LogP contribution is -2.03. The summed E-state index contributed by atoms with van der Waals surface area (Å²) in [6, 6.07) is 9.68. The van der Waals surface area contributed by atoms with Crippen molar-refractivity contribution in [1.82, 2.24) is 9.97 Å². The first-order chi connectivity index (χ1) is 9.29. The van der Waals surface area contributed by atoms with Crippen molar-refractivity contribution in [3.8, 4) is 0 Å². The average Bonchev–Trinajstić information content (AvgIpc) is 2.86. The normalized spacial score (nSPS) is 10.1. The van der Waals surface area contributed by atoms with Gasteiger partial charge in [-0.05, 0) is 12.1 Å². The molecule has 3 rings (SSSR count). The predicted molar refractivity (Wildman–Crippen MR) is 73.1 cm³/mol. The van der Waals surface area contributed by atoms with E-state index in [0.29, 0.717) is 5.69 Å². The molecule has 1 aromatic carbocycles. The van der Waals surface area contributed by atoms with Crippen molar-refractivity contribution in [2.24, 2.45) is 0 Å². The van der Waals surface area contributed by atoms with Crippen LogP contribution in [0.4, 0.5) is 0 Å². The van der Waals surface area contributed by atoms with E-state index in [-0.39, 0.29) is 0 Å². The Hall–Kier alpha value is -2.40. The highest BCUT2D eigenvalue weighted by Gasteiger charge is 2.10. The molecule has 2 aromatic heterocycles. The Morgan fingerprint density at radius 1 is 1.21 bits per heavy atom. The van der Waals surface area contributed by atoms with Gasteiger partial charge in [0, 0.05) is 23.4 Å². The van der Waals surface area contributed by atoms with Crippen molar-refractivity contribution < 1.29 is 14.6 Å². The number of fused-ring (bicyclic) bond motifs is 3. The van der Waals surface area contributed by atoms with Crippen LogP contribution in [0, 0.1) is 0 Å². The molecule has 19 heavy (non-hydrogen) atoms. The Morgan fingerprint density at radius 2 is 1.95 bits per heavy atom. The molecule has 0 saturated carbocycles. The topological polar surface area (TPSA) is 75.2 Å². The fraction of sp³-hybridized carbons (Fsp3) is 0.143. The molecule has 5 nitrogen and oxygen atoms in total. The smallest absolute Gasteiger partial charge is 0.356 e. The van der Waals surface area contributed by atoms with Gasteiger partial charge in [-0.15, -0.1) is 0 Å². The van der Waals surface area contributed by atoms with Gasteiger partial charge in [0.1, 0.15) is 5.69 Å². The summed E-state index contributed by atoms with van der Waals surface area (Å²) in [7, 11) is 2.35. The lowest BCUT2D eigenvalue weighted by molar-refractivity contribution is 0.0594. The maximum atomic E-state index is 11.4. The summed E-state index contributed by atoms with van der Waals surface area (Å²) >= 11 is 0. The molecular weight excluding hydrogens is 244 g/mol. The van der Waals surface area contributed by atoms with Crippen LogP contribution in [-0.4, -0.2) is 35.3 Å². The Kier molecular flexibility index (Phi) is 3.77. The van der Waals surface area contributed by atoms with Crippen LogP contribution in [0.1, 0.15) is 10.5 Å². The van der Waals surface area contributed by atoms with Gasteiger partial charge in [-0.2, -0.15) is 0 Å². The summed E-state index contributed by atoms with van der Waals surface area (Å²) in [5.41, 5.74) is 2.27. The number of ether oxygens (including phenoxy) is 1. The standard InChI is InChI=1S/C13H10N2O2.CH4O/c1-17-13(16)11-6-9-8-4-2-3-5-10(8)15-12(9)7-14-11;1-2/h2-7,15H,1H3;2H,1H3. The van der Waals surface area contributed by atoms with Crippen LogP contribution in [0.15, 0.2) is 36.5 Å². The van der Waals surface area contributed by atoms with Crippen molar-refractivity contribution in [2.75, 3.05) is 14.2 Å². The maximum absolute atomic E-state index is 11.4. The van der Waals surface area contributed by atoms with E-state index in [4.69, 9.17) is 5.11 Å². The molecule has 0 aliphatic rings. The number of aromatic nitrogens is 2. The number of benzene rings is 1. The van der Waals surface area contributed by atoms with E-state index in [1.165, 1.54) is 7.11 Å². The van der Waals surface area contributed by atoms with Crippen molar-refractivity contribution in [3.63, 3.8) is 0 Å². The molecule has 0 aliphatic heterocycles. The van der Waals surface area contributed by atoms with Crippen LogP contribution in [0.2, 0.25) is 0 Å². The van der Waals surface area contributed by atoms with Crippen LogP contribution < -0.4 is 0 Å². The molecule has 0 spiro atoms. The largest absolute Gasteiger partial charge is 0.464 e. The van der Waals surface area contributed by atoms with E-state index in [2.05, 4.69) is 14.7 Å². The zero-order valence-electron chi connectivity index (χ0n) is 10.7. The molecule has 2 N–H and O–H groups in total. The Balaban J connectivity index is 0.000000637. The van der Waals surface area contributed by atoms with Crippen LogP contribution in [0.25, 0.3) is 21.8 Å². The van der Waals surface area contributed by atoms with E-state index < -0.39 is 5.97 Å². The number of nitrogens with one attached hydrogen (secondary N) is 1. The number of para-hydroxylation sites is 1. The monoisotopic (exact) mass is 258 g/mol. The van der Waals surface area contributed by atoms with Crippen LogP contribution in [-0.2, 0) is 4.74 Å². The number of hydrogen-bond acceptors (Lipinski definition) is 4. The summed E-state index contributed by atoms with van der Waals surface area (Å²) in [5.74, 6) is -0.419. The Morgan fingerprint density at radius 3 is 2.68 bits per heavy atom. The molecule has 0 saturated heterocycles. The van der Waals surface area contributed by atoms with Gasteiger partial charge in [0.2, 0.25) is 0 Å². The molecule has 0 amide bonds. The lowest BCUT2D eigenvalue weighted by atomic mass is 10.1. The van der Waals surface area contributed by atoms with E-state index in [1.54, 1.807) is 12.3 Å². The fourth-order valence-electron chi connectivity index (χ4n) is 1.97.